The van der Waals surface area contributed by atoms with Gasteiger partial charge in [0.05, 0.1) is 0 Å². The Bertz CT molecular complexity index is 1330. The molecule has 1 saturated heterocycles. The number of aromatic amines is 1. The predicted molar refractivity (Wildman–Crippen MR) is 162 cm³/mol. The summed E-state index contributed by atoms with van der Waals surface area (Å²) in [6.45, 7) is 7.13. The van der Waals surface area contributed by atoms with Crippen molar-refractivity contribution >= 4 is 30.9 Å². The van der Waals surface area contributed by atoms with Crippen LogP contribution in [0.5, 0.6) is 0 Å². The molecule has 0 unspecified atom stereocenters. The van der Waals surface area contributed by atoms with E-state index in [9.17, 15) is 30.0 Å². The second kappa shape index (κ2) is 14.5. The number of H-pyrrole nitrogens is 1. The Balaban J connectivity index is 1.57. The number of nitrogens with one attached hydrogen (secondary N) is 2. The Morgan fingerprint density at radius 1 is 1.30 bits per heavy atom. The molecule has 1 aliphatic carbocycles. The van der Waals surface area contributed by atoms with E-state index in [2.05, 4.69) is 26.3 Å². The van der Waals surface area contributed by atoms with E-state index in [0.29, 0.717) is 12.3 Å². The van der Waals surface area contributed by atoms with Crippen LogP contribution >= 0.6 is 7.87 Å². The first-order valence-corrected chi connectivity index (χ1v) is 17.3. The number of nitriles is 1. The first kappa shape index (κ1) is 33.4. The number of carbonyl (C=O) groups is 1. The number of hydrogen-bond donors (Lipinski definition) is 5. The van der Waals surface area contributed by atoms with E-state index in [-0.39, 0.29) is 47.7 Å². The van der Waals surface area contributed by atoms with Crippen molar-refractivity contribution in [3.05, 3.63) is 16.7 Å². The number of hydrogen-bond acceptors (Lipinski definition) is 11. The van der Waals surface area contributed by atoms with Crippen LogP contribution in [0.3, 0.4) is 0 Å². The van der Waals surface area contributed by atoms with Crippen LogP contribution in [0, 0.1) is 17.2 Å². The monoisotopic (exact) mass is 623 g/mol. The first-order chi connectivity index (χ1) is 20.5. The quantitative estimate of drug-likeness (QED) is 0.206. The minimum absolute atomic E-state index is 0.0217. The van der Waals surface area contributed by atoms with Gasteiger partial charge in [-0.15, -0.1) is 0 Å². The molecular formula is C28H46N7O7P. The van der Waals surface area contributed by atoms with Gasteiger partial charge in [0.15, 0.2) is 0 Å². The maximum atomic E-state index is 12.8. The molecule has 2 aromatic rings. The molecular weight excluding hydrogens is 577 g/mol. The van der Waals surface area contributed by atoms with Crippen molar-refractivity contribution in [2.75, 3.05) is 18.1 Å². The van der Waals surface area contributed by atoms with Gasteiger partial charge in [-0.1, -0.05) is 32.1 Å². The van der Waals surface area contributed by atoms with Crippen LogP contribution in [-0.2, 0) is 14.1 Å². The van der Waals surface area contributed by atoms with Crippen molar-refractivity contribution in [2.24, 2.45) is 5.92 Å². The second-order valence-electron chi connectivity index (χ2n) is 12.1. The minimum atomic E-state index is -3.80. The topological polar surface area (TPSA) is 199 Å². The summed E-state index contributed by atoms with van der Waals surface area (Å²) in [5.41, 5.74) is -0.532. The zero-order valence-corrected chi connectivity index (χ0v) is 26.4. The molecule has 1 amide bonds. The van der Waals surface area contributed by atoms with Gasteiger partial charge in [0.2, 0.25) is 0 Å². The third-order valence-electron chi connectivity index (χ3n) is 8.36. The molecule has 4 rings (SSSR count). The fourth-order valence-electron chi connectivity index (χ4n) is 6.51. The van der Waals surface area contributed by atoms with Gasteiger partial charge in [-0.25, -0.2) is 0 Å². The number of anilines is 1. The van der Waals surface area contributed by atoms with Crippen LogP contribution in [0.15, 0.2) is 11.1 Å². The van der Waals surface area contributed by atoms with Crippen LogP contribution in [0.25, 0.3) is 11.2 Å². The van der Waals surface area contributed by atoms with E-state index < -0.39 is 44.6 Å². The standard InChI is InChI=1S/C28H46N7O7P/c1-17(2)35(18(3)4)43(40,14-8-13-29)42-24-20(15-36)41-27(23(24)38)34-16-30-22-25(34)32-28(33-26(22)39)31-21(37)12-11-19-9-6-5-7-10-19/h16-20,23-24,27,36,38,40,43H,5-12,14-15H2,1-4H3,(H2,31,32,33,37,39)/t20-,23-,24-,27-/m1/s1. The SMILES string of the molecule is CC(C)N(C(C)C)[PH](O)(CCC#N)O[C@H]1[C@@H](O)[C@H](n2cnc3c(=O)[nH]c(NC(=O)CCC4CCCCC4)nc32)O[C@@H]1CO. The summed E-state index contributed by atoms with van der Waals surface area (Å²) in [4.78, 5) is 48.4. The zero-order valence-electron chi connectivity index (χ0n) is 25.4. The predicted octanol–water partition coefficient (Wildman–Crippen LogP) is 2.57. The molecule has 0 spiro atoms. The Hall–Kier alpha value is -2.50. The molecule has 15 heteroatoms. The van der Waals surface area contributed by atoms with E-state index in [1.165, 1.54) is 30.2 Å². The molecule has 4 atom stereocenters. The molecule has 0 bridgehead atoms. The van der Waals surface area contributed by atoms with Crippen LogP contribution in [0.2, 0.25) is 0 Å². The van der Waals surface area contributed by atoms with Crippen molar-refractivity contribution in [1.29, 1.82) is 5.26 Å². The molecule has 14 nitrogen and oxygen atoms in total. The molecule has 2 aliphatic rings. The Morgan fingerprint density at radius 3 is 2.63 bits per heavy atom. The second-order valence-corrected chi connectivity index (χ2v) is 14.9. The van der Waals surface area contributed by atoms with Crippen molar-refractivity contribution in [2.45, 2.75) is 116 Å². The molecule has 1 aliphatic heterocycles. The summed E-state index contributed by atoms with van der Waals surface area (Å²) in [5, 5.41) is 33.5. The van der Waals surface area contributed by atoms with Crippen LogP contribution < -0.4 is 10.9 Å². The van der Waals surface area contributed by atoms with Gasteiger partial charge in [0.1, 0.15) is 0 Å². The van der Waals surface area contributed by atoms with Gasteiger partial charge in [-0.2, -0.15) is 0 Å². The molecule has 5 N–H and O–H groups in total. The third-order valence-corrected chi connectivity index (χ3v) is 11.8. The molecule has 0 radical (unpaired) electrons. The number of fused-ring (bicyclic) bond motifs is 1. The number of aromatic nitrogens is 4. The molecule has 2 fully saturated rings. The number of ether oxygens (including phenoxy) is 1. The summed E-state index contributed by atoms with van der Waals surface area (Å²) < 4.78 is 15.5. The first-order valence-electron chi connectivity index (χ1n) is 15.3. The average Bonchev–Trinajstić information content (AvgIpc) is 3.51. The van der Waals surface area contributed by atoms with E-state index >= 15 is 0 Å². The normalized spacial score (nSPS) is 23.8. The third kappa shape index (κ3) is 7.60. The van der Waals surface area contributed by atoms with Gasteiger partial charge >= 0.3 is 214 Å². The van der Waals surface area contributed by atoms with E-state index in [1.807, 2.05) is 32.4 Å². The van der Waals surface area contributed by atoms with E-state index in [0.717, 1.165) is 19.3 Å². The fraction of sp³-hybridized carbons (Fsp3) is 0.750. The zero-order chi connectivity index (χ0) is 31.3. The summed E-state index contributed by atoms with van der Waals surface area (Å²) in [7, 11) is -3.80. The number of rotatable bonds is 13. The average molecular weight is 624 g/mol. The van der Waals surface area contributed by atoms with Crippen LogP contribution in [-0.4, -0.2) is 88.4 Å². The molecule has 3 heterocycles. The molecule has 43 heavy (non-hydrogen) atoms. The number of imidazole rings is 1. The molecule has 0 aromatic carbocycles. The number of nitrogens with zero attached hydrogens (tertiary/aromatic N) is 5. The number of aliphatic hydroxyl groups is 2. The fourth-order valence-corrected chi connectivity index (χ4v) is 9.78. The summed E-state index contributed by atoms with van der Waals surface area (Å²) in [6.07, 6.45) is 3.63. The van der Waals surface area contributed by atoms with Crippen LogP contribution in [0.4, 0.5) is 5.95 Å². The van der Waals surface area contributed by atoms with Gasteiger partial charge < -0.3 is 0 Å². The number of amides is 1. The molecule has 2 aromatic heterocycles. The van der Waals surface area contributed by atoms with Crippen molar-refractivity contribution < 1.29 is 29.2 Å². The number of carbonyl (C=O) groups excluding carboxylic acids is 1. The van der Waals surface area contributed by atoms with Gasteiger partial charge in [-0.3, -0.25) is 0 Å². The van der Waals surface area contributed by atoms with Gasteiger partial charge in [0.25, 0.3) is 0 Å². The van der Waals surface area contributed by atoms with Gasteiger partial charge in [-0.05, 0) is 5.92 Å². The molecule has 1 saturated carbocycles. The van der Waals surface area contributed by atoms with Crippen molar-refractivity contribution in [3.63, 3.8) is 0 Å². The Morgan fingerprint density at radius 2 is 2.00 bits per heavy atom. The number of aliphatic hydroxyl groups excluding tert-OH is 2. The van der Waals surface area contributed by atoms with Gasteiger partial charge in [0, 0.05) is 0 Å². The summed E-state index contributed by atoms with van der Waals surface area (Å²) in [5.74, 6) is 0.223. The van der Waals surface area contributed by atoms with Crippen molar-refractivity contribution in [1.82, 2.24) is 24.2 Å². The van der Waals surface area contributed by atoms with E-state index in [1.54, 1.807) is 0 Å². The molecule has 240 valence electrons. The summed E-state index contributed by atoms with van der Waals surface area (Å²) >= 11 is 0. The van der Waals surface area contributed by atoms with Crippen molar-refractivity contribution in [3.8, 4) is 6.07 Å². The Labute approximate surface area is 252 Å². The Kier molecular flexibility index (Phi) is 11.3. The van der Waals surface area contributed by atoms with E-state index in [4.69, 9.17) is 9.26 Å². The van der Waals surface area contributed by atoms with Crippen LogP contribution in [0.1, 0.15) is 85.3 Å². The summed E-state index contributed by atoms with van der Waals surface area (Å²) in [6, 6.07) is 1.81. The maximum absolute atomic E-state index is 12.8.